The van der Waals surface area contributed by atoms with Gasteiger partial charge >= 0.3 is 0 Å². The van der Waals surface area contributed by atoms with Gasteiger partial charge in [-0.15, -0.1) is 0 Å². The van der Waals surface area contributed by atoms with Crippen LogP contribution in [0.4, 0.5) is 5.69 Å². The van der Waals surface area contributed by atoms with E-state index in [1.807, 2.05) is 55.8 Å². The van der Waals surface area contributed by atoms with Crippen LogP contribution in [0.5, 0.6) is 0 Å². The lowest BCUT2D eigenvalue weighted by molar-refractivity contribution is 0.0453. The van der Waals surface area contributed by atoms with Crippen molar-refractivity contribution in [2.24, 2.45) is 0 Å². The standard InChI is InChI=1S/C21H26N4O3/c1-4-27-8-9-28-14-16-6-5-7-19(10-16)24-21(26)18-11-17-13-23-25(15(2)3)20(17)22-12-18/h5-7,10-13,15H,4,8-9,14H2,1-3H3,(H,24,26). The molecule has 1 aromatic carbocycles. The molecule has 148 valence electrons. The Kier molecular flexibility index (Phi) is 6.73. The van der Waals surface area contributed by atoms with E-state index in [4.69, 9.17) is 9.47 Å². The van der Waals surface area contributed by atoms with Gasteiger partial charge in [-0.2, -0.15) is 5.10 Å². The summed E-state index contributed by atoms with van der Waals surface area (Å²) in [6, 6.07) is 9.63. The molecule has 2 heterocycles. The van der Waals surface area contributed by atoms with Gasteiger partial charge in [-0.05, 0) is 44.5 Å². The van der Waals surface area contributed by atoms with E-state index >= 15 is 0 Å². The fourth-order valence-corrected chi connectivity index (χ4v) is 2.84. The smallest absolute Gasteiger partial charge is 0.257 e. The lowest BCUT2D eigenvalue weighted by atomic mass is 10.2. The topological polar surface area (TPSA) is 78.3 Å². The Labute approximate surface area is 164 Å². The van der Waals surface area contributed by atoms with Crippen LogP contribution in [-0.2, 0) is 16.1 Å². The minimum Gasteiger partial charge on any atom is -0.379 e. The number of hydrogen-bond acceptors (Lipinski definition) is 5. The molecule has 0 aliphatic heterocycles. The maximum Gasteiger partial charge on any atom is 0.257 e. The molecule has 0 saturated carbocycles. The van der Waals surface area contributed by atoms with Gasteiger partial charge in [0.25, 0.3) is 5.91 Å². The van der Waals surface area contributed by atoms with Gasteiger partial charge in [0.15, 0.2) is 5.65 Å². The van der Waals surface area contributed by atoms with Crippen molar-refractivity contribution in [1.82, 2.24) is 14.8 Å². The fourth-order valence-electron chi connectivity index (χ4n) is 2.84. The van der Waals surface area contributed by atoms with E-state index in [0.29, 0.717) is 37.7 Å². The molecule has 7 heteroatoms. The van der Waals surface area contributed by atoms with E-state index < -0.39 is 0 Å². The molecule has 0 atom stereocenters. The monoisotopic (exact) mass is 382 g/mol. The second-order valence-corrected chi connectivity index (χ2v) is 6.72. The van der Waals surface area contributed by atoms with Gasteiger partial charge in [0.05, 0.1) is 31.6 Å². The zero-order chi connectivity index (χ0) is 19.9. The van der Waals surface area contributed by atoms with E-state index in [0.717, 1.165) is 16.6 Å². The maximum atomic E-state index is 12.6. The fraction of sp³-hybridized carbons (Fsp3) is 0.381. The lowest BCUT2D eigenvalue weighted by Crippen LogP contribution is -2.13. The highest BCUT2D eigenvalue weighted by Gasteiger charge is 2.12. The quantitative estimate of drug-likeness (QED) is 0.569. The summed E-state index contributed by atoms with van der Waals surface area (Å²) in [5.74, 6) is -0.207. The Morgan fingerprint density at radius 2 is 2.00 bits per heavy atom. The Morgan fingerprint density at radius 3 is 2.79 bits per heavy atom. The third-order valence-electron chi connectivity index (χ3n) is 4.21. The number of carbonyl (C=O) groups is 1. The van der Waals surface area contributed by atoms with Gasteiger partial charge in [0, 0.05) is 29.9 Å². The van der Waals surface area contributed by atoms with Crippen molar-refractivity contribution >= 4 is 22.6 Å². The summed E-state index contributed by atoms with van der Waals surface area (Å²) in [6.07, 6.45) is 3.32. The molecular weight excluding hydrogens is 356 g/mol. The summed E-state index contributed by atoms with van der Waals surface area (Å²) >= 11 is 0. The number of rotatable bonds is 9. The number of fused-ring (bicyclic) bond motifs is 1. The van der Waals surface area contributed by atoms with E-state index in [-0.39, 0.29) is 11.9 Å². The van der Waals surface area contributed by atoms with Gasteiger partial charge in [-0.1, -0.05) is 12.1 Å². The zero-order valence-electron chi connectivity index (χ0n) is 16.5. The van der Waals surface area contributed by atoms with E-state index in [1.165, 1.54) is 0 Å². The first kappa shape index (κ1) is 20.0. The molecule has 1 N–H and O–H groups in total. The molecule has 0 radical (unpaired) electrons. The number of pyridine rings is 1. The number of amides is 1. The molecule has 2 aromatic heterocycles. The molecule has 0 unspecified atom stereocenters. The first-order valence-electron chi connectivity index (χ1n) is 9.47. The Morgan fingerprint density at radius 1 is 1.18 bits per heavy atom. The molecule has 0 aliphatic carbocycles. The number of carbonyl (C=O) groups excluding carboxylic acids is 1. The van der Waals surface area contributed by atoms with Crippen LogP contribution < -0.4 is 5.32 Å². The number of ether oxygens (including phenoxy) is 2. The second kappa shape index (κ2) is 9.43. The number of aromatic nitrogens is 3. The first-order valence-corrected chi connectivity index (χ1v) is 9.47. The van der Waals surface area contributed by atoms with E-state index in [2.05, 4.69) is 15.4 Å². The molecule has 0 fully saturated rings. The highest BCUT2D eigenvalue weighted by Crippen LogP contribution is 2.18. The SMILES string of the molecule is CCOCCOCc1cccc(NC(=O)c2cnc3c(cnn3C(C)C)c2)c1. The van der Waals surface area contributed by atoms with Crippen molar-refractivity contribution in [2.45, 2.75) is 33.4 Å². The van der Waals surface area contributed by atoms with Crippen molar-refractivity contribution < 1.29 is 14.3 Å². The third-order valence-corrected chi connectivity index (χ3v) is 4.21. The summed E-state index contributed by atoms with van der Waals surface area (Å²) in [6.45, 7) is 8.32. The minimum absolute atomic E-state index is 0.207. The summed E-state index contributed by atoms with van der Waals surface area (Å²) in [4.78, 5) is 17.0. The number of nitrogens with zero attached hydrogens (tertiary/aromatic N) is 3. The van der Waals surface area contributed by atoms with Crippen LogP contribution in [0, 0.1) is 0 Å². The van der Waals surface area contributed by atoms with E-state index in [1.54, 1.807) is 12.4 Å². The Hall–Kier alpha value is -2.77. The lowest BCUT2D eigenvalue weighted by Gasteiger charge is -2.09. The van der Waals surface area contributed by atoms with Crippen LogP contribution >= 0.6 is 0 Å². The van der Waals surface area contributed by atoms with Crippen LogP contribution in [0.3, 0.4) is 0 Å². The average molecular weight is 382 g/mol. The largest absolute Gasteiger partial charge is 0.379 e. The minimum atomic E-state index is -0.207. The highest BCUT2D eigenvalue weighted by molar-refractivity contribution is 6.05. The number of hydrogen-bond donors (Lipinski definition) is 1. The molecule has 0 aliphatic rings. The van der Waals surface area contributed by atoms with Crippen molar-refractivity contribution in [2.75, 3.05) is 25.1 Å². The summed E-state index contributed by atoms with van der Waals surface area (Å²) in [5, 5.41) is 8.10. The molecular formula is C21H26N4O3. The van der Waals surface area contributed by atoms with Crippen LogP contribution in [0.1, 0.15) is 42.7 Å². The molecule has 0 spiro atoms. The third kappa shape index (κ3) is 4.94. The van der Waals surface area contributed by atoms with E-state index in [9.17, 15) is 4.79 Å². The molecule has 0 bridgehead atoms. The normalized spacial score (nSPS) is 11.3. The molecule has 3 rings (SSSR count). The molecule has 0 saturated heterocycles. The Bertz CT molecular complexity index is 936. The first-order chi connectivity index (χ1) is 13.6. The van der Waals surface area contributed by atoms with Gasteiger partial charge in [-0.3, -0.25) is 4.79 Å². The molecule has 1 amide bonds. The van der Waals surface area contributed by atoms with Crippen molar-refractivity contribution in [3.05, 3.63) is 53.9 Å². The van der Waals surface area contributed by atoms with Crippen molar-refractivity contribution in [1.29, 1.82) is 0 Å². The predicted octanol–water partition coefficient (Wildman–Crippen LogP) is 3.82. The van der Waals surface area contributed by atoms with Crippen molar-refractivity contribution in [3.63, 3.8) is 0 Å². The van der Waals surface area contributed by atoms with Crippen LogP contribution in [0.15, 0.2) is 42.7 Å². The van der Waals surface area contributed by atoms with Gasteiger partial charge in [0.2, 0.25) is 0 Å². The van der Waals surface area contributed by atoms with Gasteiger partial charge in [0.1, 0.15) is 0 Å². The number of anilines is 1. The second-order valence-electron chi connectivity index (χ2n) is 6.72. The molecule has 3 aromatic rings. The van der Waals surface area contributed by atoms with Crippen molar-refractivity contribution in [3.8, 4) is 0 Å². The molecule has 28 heavy (non-hydrogen) atoms. The van der Waals surface area contributed by atoms with Crippen LogP contribution in [0.2, 0.25) is 0 Å². The number of nitrogens with one attached hydrogen (secondary N) is 1. The predicted molar refractivity (Wildman–Crippen MR) is 108 cm³/mol. The van der Waals surface area contributed by atoms with Crippen LogP contribution in [-0.4, -0.2) is 40.5 Å². The average Bonchev–Trinajstić information content (AvgIpc) is 3.11. The van der Waals surface area contributed by atoms with Gasteiger partial charge in [-0.25, -0.2) is 9.67 Å². The zero-order valence-corrected chi connectivity index (χ0v) is 16.5. The summed E-state index contributed by atoms with van der Waals surface area (Å²) in [5.41, 5.74) is 2.97. The number of benzene rings is 1. The summed E-state index contributed by atoms with van der Waals surface area (Å²) < 4.78 is 12.7. The van der Waals surface area contributed by atoms with Gasteiger partial charge < -0.3 is 14.8 Å². The molecule has 7 nitrogen and oxygen atoms in total. The highest BCUT2D eigenvalue weighted by atomic mass is 16.5. The Balaban J connectivity index is 1.64. The summed E-state index contributed by atoms with van der Waals surface area (Å²) in [7, 11) is 0. The van der Waals surface area contributed by atoms with Crippen LogP contribution in [0.25, 0.3) is 11.0 Å². The maximum absolute atomic E-state index is 12.6.